The zero-order chi connectivity index (χ0) is 15.3. The summed E-state index contributed by atoms with van der Waals surface area (Å²) in [5, 5.41) is 8.86. The summed E-state index contributed by atoms with van der Waals surface area (Å²) in [5.41, 5.74) is 0.976. The Hall–Kier alpha value is -1.42. The third kappa shape index (κ3) is 4.30. The van der Waals surface area contributed by atoms with Gasteiger partial charge in [0.1, 0.15) is 0 Å². The maximum Gasteiger partial charge on any atom is 0.240 e. The molecular formula is C14H21N3O2S. The molecule has 0 heterocycles. The van der Waals surface area contributed by atoms with Crippen molar-refractivity contribution in [3.8, 4) is 6.07 Å². The fraction of sp³-hybridized carbons (Fsp3) is 0.500. The van der Waals surface area contributed by atoms with E-state index in [1.807, 2.05) is 13.1 Å². The quantitative estimate of drug-likeness (QED) is 0.863. The predicted octanol–water partition coefficient (Wildman–Crippen LogP) is 1.49. The lowest BCUT2D eigenvalue weighted by atomic mass is 10.2. The number of rotatable bonds is 6. The molecule has 20 heavy (non-hydrogen) atoms. The van der Waals surface area contributed by atoms with Gasteiger partial charge < -0.3 is 4.90 Å². The maximum atomic E-state index is 12.2. The number of hydrogen-bond donors (Lipinski definition) is 1. The fourth-order valence-corrected chi connectivity index (χ4v) is 2.94. The van der Waals surface area contributed by atoms with Crippen molar-refractivity contribution < 1.29 is 8.42 Å². The number of hydrogen-bond acceptors (Lipinski definition) is 4. The molecule has 0 saturated heterocycles. The molecule has 1 N–H and O–H groups in total. The van der Waals surface area contributed by atoms with Gasteiger partial charge in [-0.3, -0.25) is 0 Å². The zero-order valence-corrected chi connectivity index (χ0v) is 13.2. The summed E-state index contributed by atoms with van der Waals surface area (Å²) >= 11 is 0. The molecular weight excluding hydrogens is 274 g/mol. The van der Waals surface area contributed by atoms with Crippen LogP contribution in [0.2, 0.25) is 0 Å². The Balaban J connectivity index is 2.82. The highest BCUT2D eigenvalue weighted by molar-refractivity contribution is 7.89. The molecule has 1 aromatic rings. The van der Waals surface area contributed by atoms with Crippen LogP contribution in [0.15, 0.2) is 23.1 Å². The van der Waals surface area contributed by atoms with Gasteiger partial charge in [0.05, 0.1) is 16.5 Å². The van der Waals surface area contributed by atoms with Crippen molar-refractivity contribution in [1.29, 1.82) is 5.26 Å². The maximum absolute atomic E-state index is 12.2. The molecule has 0 aliphatic carbocycles. The number of nitrogens with one attached hydrogen (secondary N) is 1. The van der Waals surface area contributed by atoms with Crippen LogP contribution in [0, 0.1) is 18.3 Å². The summed E-state index contributed by atoms with van der Waals surface area (Å²) in [6.45, 7) is 6.79. The van der Waals surface area contributed by atoms with Crippen LogP contribution in [0.4, 0.5) is 0 Å². The third-order valence-corrected chi connectivity index (χ3v) is 4.85. The van der Waals surface area contributed by atoms with E-state index in [0.717, 1.165) is 0 Å². The van der Waals surface area contributed by atoms with Gasteiger partial charge in [-0.25, -0.2) is 13.1 Å². The molecule has 110 valence electrons. The molecule has 0 fully saturated rings. The lowest BCUT2D eigenvalue weighted by Gasteiger charge is -2.21. The first-order valence-corrected chi connectivity index (χ1v) is 7.97. The topological polar surface area (TPSA) is 73.2 Å². The number of likely N-dealkylation sites (N-methyl/N-ethyl adjacent to an activating group) is 1. The Morgan fingerprint density at radius 3 is 2.60 bits per heavy atom. The van der Waals surface area contributed by atoms with E-state index in [2.05, 4.69) is 23.5 Å². The van der Waals surface area contributed by atoms with Crippen LogP contribution in [-0.4, -0.2) is 39.5 Å². The number of nitrogens with zero attached hydrogens (tertiary/aromatic N) is 2. The van der Waals surface area contributed by atoms with Gasteiger partial charge in [0.25, 0.3) is 0 Å². The highest BCUT2D eigenvalue weighted by Crippen LogP contribution is 2.16. The molecule has 0 atom stereocenters. The van der Waals surface area contributed by atoms with E-state index in [1.54, 1.807) is 19.1 Å². The molecule has 0 saturated carbocycles. The monoisotopic (exact) mass is 295 g/mol. The van der Waals surface area contributed by atoms with Crippen molar-refractivity contribution in [3.05, 3.63) is 29.3 Å². The van der Waals surface area contributed by atoms with Gasteiger partial charge in [0.15, 0.2) is 0 Å². The zero-order valence-electron chi connectivity index (χ0n) is 12.3. The van der Waals surface area contributed by atoms with E-state index in [0.29, 0.717) is 30.3 Å². The van der Waals surface area contributed by atoms with E-state index in [-0.39, 0.29) is 4.90 Å². The van der Waals surface area contributed by atoms with Gasteiger partial charge in [-0.2, -0.15) is 5.26 Å². The van der Waals surface area contributed by atoms with Crippen molar-refractivity contribution in [1.82, 2.24) is 9.62 Å². The van der Waals surface area contributed by atoms with E-state index in [9.17, 15) is 8.42 Å². The summed E-state index contributed by atoms with van der Waals surface area (Å²) in [6.07, 6.45) is 0. The third-order valence-electron chi connectivity index (χ3n) is 3.24. The summed E-state index contributed by atoms with van der Waals surface area (Å²) < 4.78 is 27.0. The second-order valence-electron chi connectivity index (χ2n) is 5.06. The molecule has 1 rings (SSSR count). The lowest BCUT2D eigenvalue weighted by Crippen LogP contribution is -2.36. The van der Waals surface area contributed by atoms with Crippen LogP contribution in [0.25, 0.3) is 0 Å². The minimum atomic E-state index is -3.57. The van der Waals surface area contributed by atoms with E-state index < -0.39 is 10.0 Å². The fourth-order valence-electron chi connectivity index (χ4n) is 1.65. The normalized spacial score (nSPS) is 11.8. The molecule has 0 radical (unpaired) electrons. The Bertz CT molecular complexity index is 603. The molecule has 6 heteroatoms. The first-order chi connectivity index (χ1) is 9.27. The Labute approximate surface area is 121 Å². The average Bonchev–Trinajstić information content (AvgIpc) is 2.38. The number of sulfonamides is 1. The minimum absolute atomic E-state index is 0.170. The Morgan fingerprint density at radius 2 is 2.05 bits per heavy atom. The molecule has 0 amide bonds. The molecule has 0 bridgehead atoms. The SMILES string of the molecule is Cc1ccc(C#N)cc1S(=O)(=O)NCCN(C)C(C)C. The van der Waals surface area contributed by atoms with Gasteiger partial charge in [-0.05, 0) is 45.5 Å². The van der Waals surface area contributed by atoms with Crippen LogP contribution in [0.3, 0.4) is 0 Å². The van der Waals surface area contributed by atoms with Crippen LogP contribution in [0.1, 0.15) is 25.0 Å². The van der Waals surface area contributed by atoms with E-state index in [1.165, 1.54) is 6.07 Å². The van der Waals surface area contributed by atoms with E-state index in [4.69, 9.17) is 5.26 Å². The predicted molar refractivity (Wildman–Crippen MR) is 78.8 cm³/mol. The van der Waals surface area contributed by atoms with Crippen LogP contribution in [0.5, 0.6) is 0 Å². The second-order valence-corrected chi connectivity index (χ2v) is 6.80. The summed E-state index contributed by atoms with van der Waals surface area (Å²) in [5.74, 6) is 0. The van der Waals surface area contributed by atoms with Crippen LogP contribution in [-0.2, 0) is 10.0 Å². The molecule has 0 aromatic heterocycles. The number of nitriles is 1. The highest BCUT2D eigenvalue weighted by atomic mass is 32.2. The van der Waals surface area contributed by atoms with Gasteiger partial charge in [-0.1, -0.05) is 6.07 Å². The Kier molecular flexibility index (Phi) is 5.69. The van der Waals surface area contributed by atoms with Gasteiger partial charge in [0, 0.05) is 19.1 Å². The molecule has 5 nitrogen and oxygen atoms in total. The van der Waals surface area contributed by atoms with Gasteiger partial charge in [0.2, 0.25) is 10.0 Å². The van der Waals surface area contributed by atoms with Crippen molar-refractivity contribution in [2.24, 2.45) is 0 Å². The first-order valence-electron chi connectivity index (χ1n) is 6.48. The smallest absolute Gasteiger partial charge is 0.240 e. The lowest BCUT2D eigenvalue weighted by molar-refractivity contribution is 0.278. The summed E-state index contributed by atoms with van der Waals surface area (Å²) in [6, 6.07) is 6.98. The molecule has 0 spiro atoms. The largest absolute Gasteiger partial charge is 0.303 e. The van der Waals surface area contributed by atoms with Crippen LogP contribution < -0.4 is 4.72 Å². The molecule has 0 aliphatic rings. The van der Waals surface area contributed by atoms with Gasteiger partial charge in [-0.15, -0.1) is 0 Å². The van der Waals surface area contributed by atoms with Crippen molar-refractivity contribution in [2.75, 3.05) is 20.1 Å². The first kappa shape index (κ1) is 16.6. The minimum Gasteiger partial charge on any atom is -0.303 e. The van der Waals surface area contributed by atoms with E-state index >= 15 is 0 Å². The van der Waals surface area contributed by atoms with Gasteiger partial charge >= 0.3 is 0 Å². The number of benzene rings is 1. The van der Waals surface area contributed by atoms with Crippen LogP contribution >= 0.6 is 0 Å². The van der Waals surface area contributed by atoms with Crippen molar-refractivity contribution in [2.45, 2.75) is 31.7 Å². The van der Waals surface area contributed by atoms with Crippen molar-refractivity contribution >= 4 is 10.0 Å². The molecule has 1 aromatic carbocycles. The molecule has 0 unspecified atom stereocenters. The standard InChI is InChI=1S/C14H21N3O2S/c1-11(2)17(4)8-7-16-20(18,19)14-9-13(10-15)6-5-12(14)3/h5-6,9,11,16H,7-8H2,1-4H3. The molecule has 0 aliphatic heterocycles. The Morgan fingerprint density at radius 1 is 1.40 bits per heavy atom. The highest BCUT2D eigenvalue weighted by Gasteiger charge is 2.17. The number of aryl methyl sites for hydroxylation is 1. The average molecular weight is 295 g/mol. The summed E-state index contributed by atoms with van der Waals surface area (Å²) in [4.78, 5) is 2.23. The second kappa shape index (κ2) is 6.84. The van der Waals surface area contributed by atoms with Crippen molar-refractivity contribution in [3.63, 3.8) is 0 Å². The summed E-state index contributed by atoms with van der Waals surface area (Å²) in [7, 11) is -1.63.